The number of rotatable bonds is 3. The summed E-state index contributed by atoms with van der Waals surface area (Å²) in [7, 11) is 0. The molecule has 0 amide bonds. The predicted octanol–water partition coefficient (Wildman–Crippen LogP) is 4.20. The van der Waals surface area contributed by atoms with Crippen molar-refractivity contribution in [3.8, 4) is 0 Å². The Morgan fingerprint density at radius 3 is 2.90 bits per heavy atom. The van der Waals surface area contributed by atoms with Crippen molar-refractivity contribution < 1.29 is 9.15 Å². The Morgan fingerprint density at radius 1 is 1.30 bits per heavy atom. The number of nitrogens with zero attached hydrogens (tertiary/aromatic N) is 1. The Hall–Kier alpha value is -2.03. The van der Waals surface area contributed by atoms with Crippen LogP contribution in [0.15, 0.2) is 40.8 Å². The third-order valence-electron chi connectivity index (χ3n) is 4.45. The van der Waals surface area contributed by atoms with Crippen LogP contribution < -0.4 is 0 Å². The maximum absolute atomic E-state index is 5.88. The second-order valence-electron chi connectivity index (χ2n) is 5.58. The van der Waals surface area contributed by atoms with E-state index in [0.717, 1.165) is 23.3 Å². The Balaban J connectivity index is 1.85. The lowest BCUT2D eigenvalue weighted by Gasteiger charge is -2.12. The molecule has 0 atom stereocenters. The van der Waals surface area contributed by atoms with E-state index in [4.69, 9.17) is 14.1 Å². The van der Waals surface area contributed by atoms with Gasteiger partial charge in [-0.05, 0) is 48.5 Å². The van der Waals surface area contributed by atoms with Crippen LogP contribution in [0.1, 0.15) is 37.6 Å². The molecular weight excluding hydrogens is 250 g/mol. The van der Waals surface area contributed by atoms with Gasteiger partial charge in [0.1, 0.15) is 12.1 Å². The van der Waals surface area contributed by atoms with Crippen LogP contribution in [-0.4, -0.2) is 11.6 Å². The number of hydrogen-bond acceptors (Lipinski definition) is 3. The van der Waals surface area contributed by atoms with Gasteiger partial charge in [0.25, 0.3) is 5.89 Å². The molecule has 0 N–H and O–H groups in total. The first-order chi connectivity index (χ1) is 9.82. The molecule has 2 heterocycles. The second kappa shape index (κ2) is 4.23. The Labute approximate surface area is 117 Å². The fourth-order valence-corrected chi connectivity index (χ4v) is 2.98. The summed E-state index contributed by atoms with van der Waals surface area (Å²) in [6, 6.07) is 6.25. The van der Waals surface area contributed by atoms with Crippen LogP contribution in [0.2, 0.25) is 0 Å². The van der Waals surface area contributed by atoms with E-state index in [1.54, 1.807) is 0 Å². The first-order valence-corrected chi connectivity index (χ1v) is 7.22. The zero-order valence-corrected chi connectivity index (χ0v) is 11.6. The number of aromatic nitrogens is 1. The first-order valence-electron chi connectivity index (χ1n) is 7.22. The van der Waals surface area contributed by atoms with Crippen molar-refractivity contribution in [3.63, 3.8) is 0 Å². The molecule has 4 rings (SSSR count). The lowest BCUT2D eigenvalue weighted by atomic mass is 9.92. The minimum atomic E-state index is 0.329. The molecule has 20 heavy (non-hydrogen) atoms. The highest BCUT2D eigenvalue weighted by atomic mass is 16.5. The van der Waals surface area contributed by atoms with Crippen molar-refractivity contribution in [1.82, 2.24) is 4.98 Å². The molecule has 1 fully saturated rings. The topological polar surface area (TPSA) is 35.3 Å². The van der Waals surface area contributed by atoms with Crippen LogP contribution in [-0.2, 0) is 10.2 Å². The summed E-state index contributed by atoms with van der Waals surface area (Å²) in [4.78, 5) is 4.70. The van der Waals surface area contributed by atoms with Gasteiger partial charge in [-0.1, -0.05) is 25.1 Å². The number of para-hydroxylation sites is 1. The van der Waals surface area contributed by atoms with Gasteiger partial charge in [-0.3, -0.25) is 0 Å². The highest BCUT2D eigenvalue weighted by Gasteiger charge is 2.44. The third-order valence-corrected chi connectivity index (χ3v) is 4.45. The van der Waals surface area contributed by atoms with Crippen molar-refractivity contribution in [1.29, 1.82) is 0 Å². The SMILES string of the molecule is CCC1(c2cccc3oc(C4=CC=CCO4)nc23)CC1. The zero-order valence-electron chi connectivity index (χ0n) is 11.6. The molecule has 0 spiro atoms. The van der Waals surface area contributed by atoms with Crippen molar-refractivity contribution in [3.05, 3.63) is 47.9 Å². The molecule has 1 aromatic carbocycles. The van der Waals surface area contributed by atoms with Crippen LogP contribution in [0.3, 0.4) is 0 Å². The highest BCUT2D eigenvalue weighted by molar-refractivity contribution is 5.80. The minimum Gasteiger partial charge on any atom is -0.484 e. The minimum absolute atomic E-state index is 0.329. The number of ether oxygens (including phenoxy) is 1. The number of fused-ring (bicyclic) bond motifs is 1. The van der Waals surface area contributed by atoms with E-state index in [1.807, 2.05) is 24.3 Å². The fourth-order valence-electron chi connectivity index (χ4n) is 2.98. The number of allylic oxidation sites excluding steroid dienone is 2. The van der Waals surface area contributed by atoms with Crippen LogP contribution in [0.5, 0.6) is 0 Å². The van der Waals surface area contributed by atoms with Gasteiger partial charge < -0.3 is 9.15 Å². The average molecular weight is 267 g/mol. The van der Waals surface area contributed by atoms with Gasteiger partial charge in [0.15, 0.2) is 11.3 Å². The Kier molecular flexibility index (Phi) is 2.49. The molecular formula is C17H17NO2. The van der Waals surface area contributed by atoms with Gasteiger partial charge in [-0.25, -0.2) is 4.98 Å². The zero-order chi connectivity index (χ0) is 13.6. The predicted molar refractivity (Wildman–Crippen MR) is 78.3 cm³/mol. The largest absolute Gasteiger partial charge is 0.484 e. The molecule has 102 valence electrons. The lowest BCUT2D eigenvalue weighted by Crippen LogP contribution is -2.05. The Bertz CT molecular complexity index is 720. The van der Waals surface area contributed by atoms with Crippen molar-refractivity contribution in [2.75, 3.05) is 6.61 Å². The molecule has 2 aliphatic rings. The maximum atomic E-state index is 5.88. The van der Waals surface area contributed by atoms with E-state index in [9.17, 15) is 0 Å². The number of benzene rings is 1. The van der Waals surface area contributed by atoms with Crippen LogP contribution >= 0.6 is 0 Å². The molecule has 0 unspecified atom stereocenters. The highest BCUT2D eigenvalue weighted by Crippen LogP contribution is 2.52. The van der Waals surface area contributed by atoms with Gasteiger partial charge in [0, 0.05) is 0 Å². The summed E-state index contributed by atoms with van der Waals surface area (Å²) < 4.78 is 11.5. The molecule has 1 aliphatic carbocycles. The van der Waals surface area contributed by atoms with Crippen molar-refractivity contribution in [2.24, 2.45) is 0 Å². The molecule has 2 aromatic rings. The number of hydrogen-bond donors (Lipinski definition) is 0. The van der Waals surface area contributed by atoms with Crippen molar-refractivity contribution in [2.45, 2.75) is 31.6 Å². The summed E-state index contributed by atoms with van der Waals surface area (Å²) in [5.41, 5.74) is 3.52. The molecule has 1 aromatic heterocycles. The third kappa shape index (κ3) is 1.69. The molecule has 3 nitrogen and oxygen atoms in total. The smallest absolute Gasteiger partial charge is 0.263 e. The van der Waals surface area contributed by atoms with Crippen LogP contribution in [0.25, 0.3) is 16.9 Å². The van der Waals surface area contributed by atoms with Crippen molar-refractivity contribution >= 4 is 16.9 Å². The first kappa shape index (κ1) is 11.8. The average Bonchev–Trinajstić information content (AvgIpc) is 3.18. The van der Waals surface area contributed by atoms with E-state index in [0.29, 0.717) is 17.9 Å². The monoisotopic (exact) mass is 267 g/mol. The van der Waals surface area contributed by atoms with E-state index in [1.165, 1.54) is 18.4 Å². The standard InChI is InChI=1S/C17H17NO2/c1-2-17(9-10-17)12-6-5-8-13-15(12)18-16(20-13)14-7-3-4-11-19-14/h3-8H,2,9-11H2,1H3. The second-order valence-corrected chi connectivity index (χ2v) is 5.58. The summed E-state index contributed by atoms with van der Waals surface area (Å²) in [6.45, 7) is 2.83. The summed E-state index contributed by atoms with van der Waals surface area (Å²) in [5, 5.41) is 0. The van der Waals surface area contributed by atoms with Gasteiger partial charge >= 0.3 is 0 Å². The lowest BCUT2D eigenvalue weighted by molar-refractivity contribution is 0.302. The van der Waals surface area contributed by atoms with Gasteiger partial charge in [-0.15, -0.1) is 0 Å². The Morgan fingerprint density at radius 2 is 2.20 bits per heavy atom. The van der Waals surface area contributed by atoms with E-state index in [2.05, 4.69) is 19.1 Å². The normalized spacial score (nSPS) is 19.8. The summed E-state index contributed by atoms with van der Waals surface area (Å²) >= 11 is 0. The van der Waals surface area contributed by atoms with Crippen LogP contribution in [0.4, 0.5) is 0 Å². The van der Waals surface area contributed by atoms with E-state index >= 15 is 0 Å². The molecule has 3 heteroatoms. The van der Waals surface area contributed by atoms with Crippen LogP contribution in [0, 0.1) is 0 Å². The quantitative estimate of drug-likeness (QED) is 0.836. The van der Waals surface area contributed by atoms with Gasteiger partial charge in [0.2, 0.25) is 0 Å². The molecule has 1 saturated carbocycles. The summed E-state index contributed by atoms with van der Waals surface area (Å²) in [5.74, 6) is 1.31. The molecule has 0 saturated heterocycles. The van der Waals surface area contributed by atoms with E-state index in [-0.39, 0.29) is 0 Å². The molecule has 0 bridgehead atoms. The maximum Gasteiger partial charge on any atom is 0.263 e. The van der Waals surface area contributed by atoms with Gasteiger partial charge in [-0.2, -0.15) is 0 Å². The summed E-state index contributed by atoms with van der Waals surface area (Å²) in [6.07, 6.45) is 9.52. The number of oxazole rings is 1. The van der Waals surface area contributed by atoms with Gasteiger partial charge in [0.05, 0.1) is 0 Å². The molecule has 1 aliphatic heterocycles. The van der Waals surface area contributed by atoms with E-state index < -0.39 is 0 Å². The fraction of sp³-hybridized carbons (Fsp3) is 0.353. The molecule has 0 radical (unpaired) electrons.